The second-order valence-electron chi connectivity index (χ2n) is 10.8. The maximum Gasteiger partial charge on any atom is 0.251 e. The Morgan fingerprint density at radius 1 is 1.05 bits per heavy atom. The molecular weight excluding hydrogens is 470 g/mol. The Balaban J connectivity index is 1.58. The summed E-state index contributed by atoms with van der Waals surface area (Å²) in [6, 6.07) is 20.4. The van der Waals surface area contributed by atoms with Gasteiger partial charge in [-0.05, 0) is 85.9 Å². The number of aromatic nitrogens is 2. The molecule has 5 heteroatoms. The van der Waals surface area contributed by atoms with Crippen molar-refractivity contribution in [1.29, 1.82) is 0 Å². The topological polar surface area (TPSA) is 67.0 Å². The Hall–Kier alpha value is -3.60. The number of aromatic amines is 1. The Labute approximate surface area is 227 Å². The number of nitrogens with one attached hydrogen (secondary N) is 2. The third kappa shape index (κ3) is 7.03. The summed E-state index contributed by atoms with van der Waals surface area (Å²) in [6.45, 7) is 12.0. The van der Waals surface area contributed by atoms with Crippen LogP contribution in [0.1, 0.15) is 84.4 Å². The Morgan fingerprint density at radius 2 is 1.87 bits per heavy atom. The van der Waals surface area contributed by atoms with E-state index in [9.17, 15) is 4.79 Å². The van der Waals surface area contributed by atoms with Crippen molar-refractivity contribution in [2.24, 2.45) is 5.92 Å². The van der Waals surface area contributed by atoms with Crippen molar-refractivity contribution in [2.45, 2.75) is 72.8 Å². The molecule has 0 radical (unpaired) electrons. The summed E-state index contributed by atoms with van der Waals surface area (Å²) in [5, 5.41) is 3.08. The number of fused-ring (bicyclic) bond motifs is 1. The third-order valence-corrected chi connectivity index (χ3v) is 7.21. The third-order valence-electron chi connectivity index (χ3n) is 7.21. The molecule has 0 aliphatic rings. The van der Waals surface area contributed by atoms with Gasteiger partial charge in [0.25, 0.3) is 5.91 Å². The number of ether oxygens (including phenoxy) is 1. The van der Waals surface area contributed by atoms with Crippen LogP contribution in [0.25, 0.3) is 11.0 Å². The van der Waals surface area contributed by atoms with Crippen molar-refractivity contribution in [3.8, 4) is 5.75 Å². The minimum absolute atomic E-state index is 0.0537. The zero-order valence-corrected chi connectivity index (χ0v) is 23.4. The van der Waals surface area contributed by atoms with Crippen molar-refractivity contribution >= 4 is 16.9 Å². The minimum Gasteiger partial charge on any atom is -0.489 e. The average Bonchev–Trinajstić information content (AvgIpc) is 3.31. The SMILES string of the molecule is CCC(Cc1nc2ccccc2[nH]1)c1ccc(C(=O)NCCCC(C)C)cc1OCc1ccc(C)cc1C. The molecule has 1 unspecified atom stereocenters. The number of para-hydroxylation sites is 2. The maximum absolute atomic E-state index is 13.0. The zero-order valence-electron chi connectivity index (χ0n) is 23.4. The highest BCUT2D eigenvalue weighted by atomic mass is 16.5. The van der Waals surface area contributed by atoms with Crippen molar-refractivity contribution in [3.05, 3.63) is 94.3 Å². The first-order valence-electron chi connectivity index (χ1n) is 13.9. The van der Waals surface area contributed by atoms with Gasteiger partial charge < -0.3 is 15.0 Å². The van der Waals surface area contributed by atoms with Gasteiger partial charge in [0, 0.05) is 18.5 Å². The fourth-order valence-electron chi connectivity index (χ4n) is 4.93. The normalized spacial score (nSPS) is 12.2. The van der Waals surface area contributed by atoms with Crippen LogP contribution in [0, 0.1) is 19.8 Å². The van der Waals surface area contributed by atoms with Gasteiger partial charge in [-0.2, -0.15) is 0 Å². The van der Waals surface area contributed by atoms with Crippen molar-refractivity contribution in [1.82, 2.24) is 15.3 Å². The summed E-state index contributed by atoms with van der Waals surface area (Å²) in [4.78, 5) is 21.2. The van der Waals surface area contributed by atoms with E-state index in [1.54, 1.807) is 0 Å². The summed E-state index contributed by atoms with van der Waals surface area (Å²) < 4.78 is 6.46. The fourth-order valence-corrected chi connectivity index (χ4v) is 4.93. The molecule has 1 heterocycles. The van der Waals surface area contributed by atoms with Crippen LogP contribution in [0.2, 0.25) is 0 Å². The van der Waals surface area contributed by atoms with Crippen molar-refractivity contribution < 1.29 is 9.53 Å². The van der Waals surface area contributed by atoms with Gasteiger partial charge in [0.1, 0.15) is 18.2 Å². The van der Waals surface area contributed by atoms with Gasteiger partial charge in [0.15, 0.2) is 0 Å². The molecule has 0 saturated heterocycles. The van der Waals surface area contributed by atoms with E-state index in [0.717, 1.165) is 59.4 Å². The van der Waals surface area contributed by atoms with Crippen LogP contribution < -0.4 is 10.1 Å². The van der Waals surface area contributed by atoms with Crippen LogP contribution in [0.3, 0.4) is 0 Å². The lowest BCUT2D eigenvalue weighted by molar-refractivity contribution is 0.0952. The van der Waals surface area contributed by atoms with E-state index in [1.165, 1.54) is 11.1 Å². The van der Waals surface area contributed by atoms with Crippen LogP contribution in [-0.4, -0.2) is 22.4 Å². The second-order valence-corrected chi connectivity index (χ2v) is 10.8. The molecule has 0 saturated carbocycles. The quantitative estimate of drug-likeness (QED) is 0.192. The molecule has 0 spiro atoms. The van der Waals surface area contributed by atoms with Gasteiger partial charge in [-0.3, -0.25) is 4.79 Å². The molecule has 0 aliphatic carbocycles. The van der Waals surface area contributed by atoms with E-state index in [2.05, 4.69) is 75.3 Å². The minimum atomic E-state index is -0.0537. The van der Waals surface area contributed by atoms with E-state index in [-0.39, 0.29) is 11.8 Å². The first kappa shape index (κ1) is 27.4. The number of H-pyrrole nitrogens is 1. The Bertz CT molecular complexity index is 1340. The van der Waals surface area contributed by atoms with E-state index < -0.39 is 0 Å². The summed E-state index contributed by atoms with van der Waals surface area (Å²) >= 11 is 0. The number of nitrogens with zero attached hydrogens (tertiary/aromatic N) is 1. The fraction of sp³-hybridized carbons (Fsp3) is 0.394. The number of aryl methyl sites for hydroxylation is 2. The van der Waals surface area contributed by atoms with Crippen LogP contribution >= 0.6 is 0 Å². The molecule has 0 aliphatic heterocycles. The molecule has 38 heavy (non-hydrogen) atoms. The number of benzene rings is 3. The highest BCUT2D eigenvalue weighted by molar-refractivity contribution is 5.94. The Kier molecular flexibility index (Phi) is 9.22. The van der Waals surface area contributed by atoms with E-state index in [4.69, 9.17) is 9.72 Å². The molecule has 1 aromatic heterocycles. The molecule has 2 N–H and O–H groups in total. The molecule has 4 rings (SSSR count). The summed E-state index contributed by atoms with van der Waals surface area (Å²) in [7, 11) is 0. The highest BCUT2D eigenvalue weighted by Gasteiger charge is 2.20. The number of amides is 1. The Morgan fingerprint density at radius 3 is 2.61 bits per heavy atom. The van der Waals surface area contributed by atoms with Crippen LogP contribution in [0.15, 0.2) is 60.7 Å². The number of carbonyl (C=O) groups is 1. The molecule has 200 valence electrons. The van der Waals surface area contributed by atoms with Crippen molar-refractivity contribution in [3.63, 3.8) is 0 Å². The standard InChI is InChI=1S/C33H41N3O2/c1-6-25(20-32-35-29-11-7-8-12-30(29)36-32)28-16-15-26(33(37)34-17-9-10-22(2)3)19-31(28)38-21-27-14-13-23(4)18-24(27)5/h7-8,11-16,18-19,22,25H,6,9-10,17,20-21H2,1-5H3,(H,34,37)(H,35,36). The van der Waals surface area contributed by atoms with Crippen LogP contribution in [-0.2, 0) is 13.0 Å². The molecule has 0 bridgehead atoms. The lowest BCUT2D eigenvalue weighted by atomic mass is 9.91. The molecule has 1 atom stereocenters. The van der Waals surface area contributed by atoms with Gasteiger partial charge in [-0.1, -0.05) is 62.7 Å². The van der Waals surface area contributed by atoms with Gasteiger partial charge in [0.05, 0.1) is 11.0 Å². The first-order valence-corrected chi connectivity index (χ1v) is 13.9. The maximum atomic E-state index is 13.0. The number of imidazole rings is 1. The van der Waals surface area contributed by atoms with E-state index in [0.29, 0.717) is 24.6 Å². The van der Waals surface area contributed by atoms with Crippen LogP contribution in [0.4, 0.5) is 0 Å². The number of carbonyl (C=O) groups excluding carboxylic acids is 1. The van der Waals surface area contributed by atoms with Gasteiger partial charge >= 0.3 is 0 Å². The molecule has 1 amide bonds. The predicted molar refractivity (Wildman–Crippen MR) is 156 cm³/mol. The average molecular weight is 512 g/mol. The second kappa shape index (κ2) is 12.8. The molecule has 0 fully saturated rings. The first-order chi connectivity index (χ1) is 18.3. The van der Waals surface area contributed by atoms with Crippen LogP contribution in [0.5, 0.6) is 5.75 Å². The van der Waals surface area contributed by atoms with Gasteiger partial charge in [-0.15, -0.1) is 0 Å². The zero-order chi connectivity index (χ0) is 27.1. The summed E-state index contributed by atoms with van der Waals surface area (Å²) in [5.41, 5.74) is 7.36. The lowest BCUT2D eigenvalue weighted by Gasteiger charge is -2.20. The largest absolute Gasteiger partial charge is 0.489 e. The molecule has 4 aromatic rings. The van der Waals surface area contributed by atoms with E-state index >= 15 is 0 Å². The highest BCUT2D eigenvalue weighted by Crippen LogP contribution is 2.33. The van der Waals surface area contributed by atoms with E-state index in [1.807, 2.05) is 30.3 Å². The van der Waals surface area contributed by atoms with Gasteiger partial charge in [0.2, 0.25) is 0 Å². The molecule has 3 aromatic carbocycles. The molecule has 5 nitrogen and oxygen atoms in total. The number of rotatable bonds is 12. The summed E-state index contributed by atoms with van der Waals surface area (Å²) in [5.74, 6) is 2.51. The smallest absolute Gasteiger partial charge is 0.251 e. The van der Waals surface area contributed by atoms with Gasteiger partial charge in [-0.25, -0.2) is 4.98 Å². The number of hydrogen-bond acceptors (Lipinski definition) is 3. The molecular formula is C33H41N3O2. The van der Waals surface area contributed by atoms with Crippen molar-refractivity contribution in [2.75, 3.05) is 6.54 Å². The summed E-state index contributed by atoms with van der Waals surface area (Å²) in [6.07, 6.45) is 3.78. The number of hydrogen-bond donors (Lipinski definition) is 2. The lowest BCUT2D eigenvalue weighted by Crippen LogP contribution is -2.24. The predicted octanol–water partition coefficient (Wildman–Crippen LogP) is 7.66. The monoisotopic (exact) mass is 511 g/mol.